The van der Waals surface area contributed by atoms with E-state index in [1.807, 2.05) is 61.5 Å². The first kappa shape index (κ1) is 21.8. The number of fused-ring (bicyclic) bond motifs is 1. The van der Waals surface area contributed by atoms with Crippen LogP contribution in [0.4, 0.5) is 0 Å². The normalized spacial score (nSPS) is 21.6. The fourth-order valence-electron chi connectivity index (χ4n) is 4.21. The molecule has 1 heterocycles. The van der Waals surface area contributed by atoms with E-state index in [1.54, 1.807) is 6.07 Å². The molecule has 0 fully saturated rings. The van der Waals surface area contributed by atoms with Crippen molar-refractivity contribution in [3.05, 3.63) is 94.8 Å². The van der Waals surface area contributed by atoms with Crippen molar-refractivity contribution < 1.29 is 28.5 Å². The van der Waals surface area contributed by atoms with Gasteiger partial charge in [-0.1, -0.05) is 54.6 Å². The Kier molecular flexibility index (Phi) is 6.71. The summed E-state index contributed by atoms with van der Waals surface area (Å²) in [5.41, 5.74) is 3.76. The van der Waals surface area contributed by atoms with E-state index >= 15 is 0 Å². The number of methoxy groups -OCH3 is 1. The number of hydrogen-bond acceptors (Lipinski definition) is 6. The minimum atomic E-state index is -0.598. The number of hydrogen-bond donors (Lipinski definition) is 0. The van der Waals surface area contributed by atoms with Crippen molar-refractivity contribution in [2.24, 2.45) is 11.8 Å². The Morgan fingerprint density at radius 3 is 2.50 bits per heavy atom. The molecule has 166 valence electrons. The molecule has 0 saturated carbocycles. The lowest BCUT2D eigenvalue weighted by Gasteiger charge is -2.34. The van der Waals surface area contributed by atoms with Gasteiger partial charge in [0.25, 0.3) is 0 Å². The molecule has 32 heavy (non-hydrogen) atoms. The van der Waals surface area contributed by atoms with Gasteiger partial charge in [0.15, 0.2) is 0 Å². The van der Waals surface area contributed by atoms with Crippen LogP contribution in [0.5, 0.6) is 0 Å². The zero-order valence-electron chi connectivity index (χ0n) is 18.2. The van der Waals surface area contributed by atoms with Crippen LogP contribution in [0.25, 0.3) is 0 Å². The lowest BCUT2D eigenvalue weighted by atomic mass is 9.83. The number of carbonyl (C=O) groups excluding carboxylic acids is 2. The zero-order valence-corrected chi connectivity index (χ0v) is 18.2. The smallest absolute Gasteiger partial charge is 0.338 e. The number of esters is 2. The molecule has 0 bridgehead atoms. The Morgan fingerprint density at radius 1 is 1.00 bits per heavy atom. The van der Waals surface area contributed by atoms with Crippen LogP contribution in [0.2, 0.25) is 0 Å². The summed E-state index contributed by atoms with van der Waals surface area (Å²) in [6.45, 7) is 2.35. The van der Waals surface area contributed by atoms with Gasteiger partial charge in [-0.3, -0.25) is 0 Å². The van der Waals surface area contributed by atoms with E-state index in [1.165, 1.54) is 13.4 Å². The third-order valence-electron chi connectivity index (χ3n) is 5.93. The molecule has 0 spiro atoms. The van der Waals surface area contributed by atoms with Crippen molar-refractivity contribution in [1.82, 2.24) is 0 Å². The van der Waals surface area contributed by atoms with Crippen LogP contribution in [0.1, 0.15) is 27.9 Å². The molecule has 0 saturated heterocycles. The second-order valence-corrected chi connectivity index (χ2v) is 7.90. The molecular weight excluding hydrogens is 408 g/mol. The number of carbonyl (C=O) groups is 2. The number of aryl methyl sites for hydroxylation is 1. The molecule has 3 atom stereocenters. The molecule has 0 aromatic heterocycles. The van der Waals surface area contributed by atoms with Gasteiger partial charge in [0.05, 0.1) is 37.0 Å². The highest BCUT2D eigenvalue weighted by molar-refractivity contribution is 5.91. The fourth-order valence-corrected chi connectivity index (χ4v) is 4.21. The summed E-state index contributed by atoms with van der Waals surface area (Å²) in [4.78, 5) is 24.9. The van der Waals surface area contributed by atoms with E-state index in [4.69, 9.17) is 18.9 Å². The molecule has 4 rings (SSSR count). The van der Waals surface area contributed by atoms with E-state index in [9.17, 15) is 9.59 Å². The summed E-state index contributed by atoms with van der Waals surface area (Å²) in [6, 6.07) is 17.1. The summed E-state index contributed by atoms with van der Waals surface area (Å²) < 4.78 is 22.5. The second-order valence-electron chi connectivity index (χ2n) is 7.90. The maximum atomic E-state index is 12.6. The average molecular weight is 434 g/mol. The van der Waals surface area contributed by atoms with Crippen LogP contribution in [0, 0.1) is 18.8 Å². The lowest BCUT2D eigenvalue weighted by molar-refractivity contribution is -0.161. The van der Waals surface area contributed by atoms with Crippen LogP contribution in [0.15, 0.2) is 78.1 Å². The lowest BCUT2D eigenvalue weighted by Crippen LogP contribution is -2.37. The predicted molar refractivity (Wildman–Crippen MR) is 117 cm³/mol. The van der Waals surface area contributed by atoms with Gasteiger partial charge < -0.3 is 18.9 Å². The first-order chi connectivity index (χ1) is 15.6. The summed E-state index contributed by atoms with van der Waals surface area (Å²) in [5, 5.41) is 0. The maximum absolute atomic E-state index is 12.6. The maximum Gasteiger partial charge on any atom is 0.338 e. The van der Waals surface area contributed by atoms with Crippen molar-refractivity contribution in [2.75, 3.05) is 13.7 Å². The molecule has 6 heteroatoms. The average Bonchev–Trinajstić information content (AvgIpc) is 3.26. The largest absolute Gasteiger partial charge is 0.471 e. The van der Waals surface area contributed by atoms with Crippen LogP contribution < -0.4 is 0 Å². The molecule has 1 aliphatic carbocycles. The van der Waals surface area contributed by atoms with E-state index in [0.717, 1.165) is 16.7 Å². The van der Waals surface area contributed by atoms with Crippen molar-refractivity contribution >= 4 is 11.9 Å². The number of allylic oxidation sites excluding steroid dienone is 1. The summed E-state index contributed by atoms with van der Waals surface area (Å²) in [6.07, 6.45) is 3.47. The Bertz CT molecular complexity index is 1040. The molecule has 1 aliphatic heterocycles. The summed E-state index contributed by atoms with van der Waals surface area (Å²) in [7, 11) is 1.35. The summed E-state index contributed by atoms with van der Waals surface area (Å²) in [5.74, 6) is -1.20. The number of ether oxygens (including phenoxy) is 4. The van der Waals surface area contributed by atoms with Crippen molar-refractivity contribution in [2.45, 2.75) is 26.2 Å². The van der Waals surface area contributed by atoms with E-state index in [0.29, 0.717) is 24.2 Å². The standard InChI is InChI=1S/C26H26O6/c1-17-8-6-7-11-20(17)25(28)30-15-19-12-13-21-22(24(27)29-2)16-32-26(23(19)21)31-14-18-9-4-3-5-10-18/h3-12,16,21,23,26H,13-15H2,1-2H3/t21-,23-,26-/m1/s1. The predicted octanol–water partition coefficient (Wildman–Crippen LogP) is 4.34. The number of benzene rings is 2. The first-order valence-electron chi connectivity index (χ1n) is 10.6. The highest BCUT2D eigenvalue weighted by Crippen LogP contribution is 2.44. The second kappa shape index (κ2) is 9.83. The third kappa shape index (κ3) is 4.60. The quantitative estimate of drug-likeness (QED) is 0.477. The monoisotopic (exact) mass is 434 g/mol. The van der Waals surface area contributed by atoms with Gasteiger partial charge in [0.2, 0.25) is 6.29 Å². The van der Waals surface area contributed by atoms with Crippen LogP contribution in [0.3, 0.4) is 0 Å². The minimum Gasteiger partial charge on any atom is -0.471 e. The Morgan fingerprint density at radius 2 is 1.75 bits per heavy atom. The van der Waals surface area contributed by atoms with Gasteiger partial charge >= 0.3 is 11.9 Å². The first-order valence-corrected chi connectivity index (χ1v) is 10.6. The molecule has 2 aromatic carbocycles. The van der Waals surface area contributed by atoms with Crippen molar-refractivity contribution in [1.29, 1.82) is 0 Å². The topological polar surface area (TPSA) is 71.1 Å². The number of rotatable bonds is 7. The molecule has 0 unspecified atom stereocenters. The van der Waals surface area contributed by atoms with E-state index in [-0.39, 0.29) is 24.4 Å². The molecule has 0 radical (unpaired) electrons. The molecule has 2 aliphatic rings. The van der Waals surface area contributed by atoms with Gasteiger partial charge in [-0.15, -0.1) is 0 Å². The van der Waals surface area contributed by atoms with Crippen molar-refractivity contribution in [3.63, 3.8) is 0 Å². The van der Waals surface area contributed by atoms with Gasteiger partial charge in [-0.25, -0.2) is 9.59 Å². The fraction of sp³-hybridized carbons (Fsp3) is 0.308. The summed E-state index contributed by atoms with van der Waals surface area (Å²) >= 11 is 0. The Labute approximate surface area is 187 Å². The molecule has 0 amide bonds. The third-order valence-corrected chi connectivity index (χ3v) is 5.93. The van der Waals surface area contributed by atoms with E-state index in [2.05, 4.69) is 0 Å². The SMILES string of the molecule is COC(=O)C1=CO[C@@H](OCc2ccccc2)[C@@H]2C(COC(=O)c3ccccc3C)=CC[C@H]12. The van der Waals surface area contributed by atoms with Crippen molar-refractivity contribution in [3.8, 4) is 0 Å². The molecule has 2 aromatic rings. The minimum absolute atomic E-state index is 0.108. The highest BCUT2D eigenvalue weighted by atomic mass is 16.7. The van der Waals surface area contributed by atoms with Crippen LogP contribution in [-0.2, 0) is 30.3 Å². The Hall–Kier alpha value is -3.38. The molecule has 0 N–H and O–H groups in total. The van der Waals surface area contributed by atoms with Crippen LogP contribution >= 0.6 is 0 Å². The Balaban J connectivity index is 1.49. The van der Waals surface area contributed by atoms with Gasteiger partial charge in [0.1, 0.15) is 6.61 Å². The molecular formula is C26H26O6. The van der Waals surface area contributed by atoms with Gasteiger partial charge in [-0.05, 0) is 36.1 Å². The molecule has 6 nitrogen and oxygen atoms in total. The zero-order chi connectivity index (χ0) is 22.5. The van der Waals surface area contributed by atoms with Gasteiger partial charge in [-0.2, -0.15) is 0 Å². The van der Waals surface area contributed by atoms with Crippen LogP contribution in [-0.4, -0.2) is 31.9 Å². The van der Waals surface area contributed by atoms with E-state index < -0.39 is 12.3 Å². The highest BCUT2D eigenvalue weighted by Gasteiger charge is 2.45. The van der Waals surface area contributed by atoms with Gasteiger partial charge in [0, 0.05) is 5.92 Å².